The van der Waals surface area contributed by atoms with Gasteiger partial charge in [0.15, 0.2) is 0 Å². The van der Waals surface area contributed by atoms with Gasteiger partial charge in [-0.05, 0) is 23.6 Å². The molecule has 122 valence electrons. The van der Waals surface area contributed by atoms with E-state index in [2.05, 4.69) is 10.6 Å². The van der Waals surface area contributed by atoms with Gasteiger partial charge < -0.3 is 10.6 Å². The number of halogens is 3. The molecule has 10 heteroatoms. The van der Waals surface area contributed by atoms with Crippen LogP contribution in [-0.2, 0) is 0 Å². The number of nitrogens with zero attached hydrogens (tertiary/aromatic N) is 1. The first-order valence-electron chi connectivity index (χ1n) is 6.19. The summed E-state index contributed by atoms with van der Waals surface area (Å²) in [5, 5.41) is 17.8. The first kappa shape index (κ1) is 17.8. The molecule has 2 rings (SSSR count). The van der Waals surface area contributed by atoms with E-state index in [1.807, 2.05) is 0 Å². The van der Waals surface area contributed by atoms with Crippen LogP contribution in [0.25, 0.3) is 0 Å². The van der Waals surface area contributed by atoms with E-state index in [-0.39, 0.29) is 5.69 Å². The monoisotopic (exact) mass is 393 g/mol. The Hall–Kier alpha value is -1.54. The second-order valence-electron chi connectivity index (χ2n) is 4.37. The lowest BCUT2D eigenvalue weighted by Crippen LogP contribution is -2.48. The molecule has 0 saturated heterocycles. The number of hydrogen-bond acceptors (Lipinski definition) is 5. The third-order valence-corrected chi connectivity index (χ3v) is 4.26. The number of rotatable bonds is 5. The zero-order valence-corrected chi connectivity index (χ0v) is 14.4. The third kappa shape index (κ3) is 4.97. The zero-order valence-electron chi connectivity index (χ0n) is 11.3. The summed E-state index contributed by atoms with van der Waals surface area (Å²) in [6.07, 6.45) is -1.02. The molecule has 6 nitrogen and oxygen atoms in total. The number of benzene rings is 1. The topological polar surface area (TPSA) is 84.3 Å². The Morgan fingerprint density at radius 3 is 2.35 bits per heavy atom. The lowest BCUT2D eigenvalue weighted by molar-refractivity contribution is -0.384. The lowest BCUT2D eigenvalue weighted by Gasteiger charge is -2.27. The normalized spacial score (nSPS) is 12.5. The van der Waals surface area contributed by atoms with Crippen molar-refractivity contribution in [3.8, 4) is 0 Å². The summed E-state index contributed by atoms with van der Waals surface area (Å²) in [4.78, 5) is 22.7. The molecule has 0 spiro atoms. The van der Waals surface area contributed by atoms with Crippen molar-refractivity contribution in [1.82, 2.24) is 5.32 Å². The number of amides is 1. The van der Waals surface area contributed by atoms with Gasteiger partial charge in [-0.2, -0.15) is 0 Å². The first-order valence-corrected chi connectivity index (χ1v) is 8.21. The summed E-state index contributed by atoms with van der Waals surface area (Å²) in [5.74, 6) is -0.397. The van der Waals surface area contributed by atoms with Gasteiger partial charge in [0.25, 0.3) is 11.6 Å². The van der Waals surface area contributed by atoms with Crippen LogP contribution in [0.5, 0.6) is 0 Å². The molecule has 2 aromatic rings. The summed E-state index contributed by atoms with van der Waals surface area (Å²) in [5.41, 5.74) is 0.391. The van der Waals surface area contributed by atoms with Gasteiger partial charge in [-0.3, -0.25) is 14.9 Å². The van der Waals surface area contributed by atoms with Crippen molar-refractivity contribution in [2.75, 3.05) is 5.32 Å². The summed E-state index contributed by atoms with van der Waals surface area (Å²) in [7, 11) is 0. The number of non-ortho nitro benzene ring substituents is 1. The maximum atomic E-state index is 12.1. The molecule has 0 aliphatic rings. The summed E-state index contributed by atoms with van der Waals surface area (Å²) in [6, 6.07) is 8.89. The predicted molar refractivity (Wildman–Crippen MR) is 92.6 cm³/mol. The van der Waals surface area contributed by atoms with E-state index in [4.69, 9.17) is 34.8 Å². The number of anilines is 1. The quantitative estimate of drug-likeness (QED) is 0.344. The van der Waals surface area contributed by atoms with Crippen LogP contribution in [0, 0.1) is 10.1 Å². The minimum absolute atomic E-state index is 0.0661. The number of nitro benzene ring substituents is 1. The fraction of sp³-hybridized carbons (Fsp3) is 0.154. The third-order valence-electron chi connectivity index (χ3n) is 2.74. The Bertz CT molecular complexity index is 687. The molecule has 0 bridgehead atoms. The standard InChI is InChI=1S/C13H10Cl3N3O3S/c14-13(15,16)12(18-11(20)10-2-1-7-23-10)17-8-3-5-9(6-4-8)19(21)22/h1-7,12,17H,(H,18,20)/t12-/m0/s1. The SMILES string of the molecule is O=C(N[C@H](Nc1ccc([N+](=O)[O-])cc1)C(Cl)(Cl)Cl)c1cccs1. The van der Waals surface area contributed by atoms with Crippen LogP contribution in [0.3, 0.4) is 0 Å². The summed E-state index contributed by atoms with van der Waals surface area (Å²) in [6.45, 7) is 0. The van der Waals surface area contributed by atoms with E-state index < -0.39 is 20.8 Å². The highest BCUT2D eigenvalue weighted by atomic mass is 35.6. The highest BCUT2D eigenvalue weighted by Gasteiger charge is 2.34. The van der Waals surface area contributed by atoms with Gasteiger partial charge in [-0.1, -0.05) is 40.9 Å². The molecule has 0 radical (unpaired) electrons. The van der Waals surface area contributed by atoms with Crippen molar-refractivity contribution >= 4 is 63.4 Å². The molecule has 1 aromatic heterocycles. The van der Waals surface area contributed by atoms with Gasteiger partial charge in [0.1, 0.15) is 6.17 Å². The molecule has 0 aliphatic heterocycles. The van der Waals surface area contributed by atoms with Crippen LogP contribution in [-0.4, -0.2) is 20.8 Å². The first-order chi connectivity index (χ1) is 10.8. The van der Waals surface area contributed by atoms with Crippen LogP contribution in [0.2, 0.25) is 0 Å². The summed E-state index contributed by atoms with van der Waals surface area (Å²) >= 11 is 18.9. The number of nitrogens with one attached hydrogen (secondary N) is 2. The highest BCUT2D eigenvalue weighted by molar-refractivity contribution is 7.12. The molecular formula is C13H10Cl3N3O3S. The molecule has 2 N–H and O–H groups in total. The average Bonchev–Trinajstić information content (AvgIpc) is 3.00. The van der Waals surface area contributed by atoms with Crippen LogP contribution in [0.15, 0.2) is 41.8 Å². The molecule has 1 atom stereocenters. The fourth-order valence-corrected chi connectivity index (χ4v) is 2.61. The molecule has 1 aromatic carbocycles. The Morgan fingerprint density at radius 1 is 1.22 bits per heavy atom. The number of carbonyl (C=O) groups excluding carboxylic acids is 1. The highest BCUT2D eigenvalue weighted by Crippen LogP contribution is 2.31. The maximum Gasteiger partial charge on any atom is 0.269 e. The smallest absolute Gasteiger partial charge is 0.269 e. The van der Waals surface area contributed by atoms with E-state index >= 15 is 0 Å². The van der Waals surface area contributed by atoms with Gasteiger partial charge >= 0.3 is 0 Å². The van der Waals surface area contributed by atoms with E-state index in [0.717, 1.165) is 0 Å². The number of nitro groups is 1. The lowest BCUT2D eigenvalue weighted by atomic mass is 10.3. The second kappa shape index (κ2) is 7.35. The van der Waals surface area contributed by atoms with Crippen molar-refractivity contribution in [2.24, 2.45) is 0 Å². The zero-order chi connectivity index (χ0) is 17.0. The van der Waals surface area contributed by atoms with Gasteiger partial charge in [0.2, 0.25) is 3.79 Å². The van der Waals surface area contributed by atoms with Gasteiger partial charge in [0.05, 0.1) is 9.80 Å². The number of carbonyl (C=O) groups is 1. The number of alkyl halides is 3. The van der Waals surface area contributed by atoms with E-state index in [0.29, 0.717) is 10.6 Å². The predicted octanol–water partition coefficient (Wildman–Crippen LogP) is 4.19. The Balaban J connectivity index is 2.13. The number of thiophene rings is 1. The van der Waals surface area contributed by atoms with E-state index in [1.165, 1.54) is 35.6 Å². The molecule has 23 heavy (non-hydrogen) atoms. The van der Waals surface area contributed by atoms with Crippen LogP contribution in [0.1, 0.15) is 9.67 Å². The van der Waals surface area contributed by atoms with Gasteiger partial charge in [0, 0.05) is 17.8 Å². The minimum Gasteiger partial charge on any atom is -0.362 e. The van der Waals surface area contributed by atoms with Crippen LogP contribution < -0.4 is 10.6 Å². The van der Waals surface area contributed by atoms with Crippen molar-refractivity contribution < 1.29 is 9.72 Å². The summed E-state index contributed by atoms with van der Waals surface area (Å²) < 4.78 is -1.82. The molecule has 0 saturated carbocycles. The van der Waals surface area contributed by atoms with E-state index in [9.17, 15) is 14.9 Å². The molecule has 0 unspecified atom stereocenters. The molecular weight excluding hydrogens is 385 g/mol. The fourth-order valence-electron chi connectivity index (χ4n) is 1.66. The molecule has 0 aliphatic carbocycles. The largest absolute Gasteiger partial charge is 0.362 e. The molecule has 0 fully saturated rings. The number of hydrogen-bond donors (Lipinski definition) is 2. The average molecular weight is 395 g/mol. The van der Waals surface area contributed by atoms with Crippen molar-refractivity contribution in [2.45, 2.75) is 9.96 Å². The van der Waals surface area contributed by atoms with Crippen LogP contribution >= 0.6 is 46.1 Å². The van der Waals surface area contributed by atoms with E-state index in [1.54, 1.807) is 17.5 Å². The Labute approximate surface area is 150 Å². The Morgan fingerprint density at radius 2 is 1.87 bits per heavy atom. The van der Waals surface area contributed by atoms with Gasteiger partial charge in [-0.25, -0.2) is 0 Å². The minimum atomic E-state index is -1.82. The van der Waals surface area contributed by atoms with Crippen molar-refractivity contribution in [1.29, 1.82) is 0 Å². The Kier molecular flexibility index (Phi) is 5.69. The van der Waals surface area contributed by atoms with Crippen molar-refractivity contribution in [3.05, 3.63) is 56.8 Å². The van der Waals surface area contributed by atoms with Crippen molar-refractivity contribution in [3.63, 3.8) is 0 Å². The second-order valence-corrected chi connectivity index (χ2v) is 7.69. The van der Waals surface area contributed by atoms with Crippen LogP contribution in [0.4, 0.5) is 11.4 Å². The van der Waals surface area contributed by atoms with Gasteiger partial charge in [-0.15, -0.1) is 11.3 Å². The molecule has 1 amide bonds. The molecule has 1 heterocycles. The maximum absolute atomic E-state index is 12.1.